The average molecular weight is 327 g/mol. The number of imidazole rings is 1. The Bertz CT molecular complexity index is 860. The van der Waals surface area contributed by atoms with Gasteiger partial charge in [-0.2, -0.15) is 0 Å². The van der Waals surface area contributed by atoms with Crippen LogP contribution >= 0.6 is 0 Å². The maximum atomic E-state index is 13.7. The van der Waals surface area contributed by atoms with E-state index < -0.39 is 6.17 Å². The Kier molecular flexibility index (Phi) is 3.48. The molecule has 2 aromatic rings. The number of aromatic nitrogens is 2. The summed E-state index contributed by atoms with van der Waals surface area (Å²) in [5.74, 6) is 3.06. The molecule has 24 heavy (non-hydrogen) atoms. The summed E-state index contributed by atoms with van der Waals surface area (Å²) >= 11 is 0. The Labute approximate surface area is 139 Å². The zero-order valence-corrected chi connectivity index (χ0v) is 13.5. The Morgan fingerprint density at radius 2 is 2.21 bits per heavy atom. The third kappa shape index (κ3) is 2.62. The fourth-order valence-corrected chi connectivity index (χ4v) is 2.85. The molecule has 0 fully saturated rings. The summed E-state index contributed by atoms with van der Waals surface area (Å²) in [7, 11) is 1.96. The minimum absolute atomic E-state index is 0.257. The lowest BCUT2D eigenvalue weighted by Crippen LogP contribution is -2.37. The van der Waals surface area contributed by atoms with Crippen molar-refractivity contribution in [3.63, 3.8) is 0 Å². The second-order valence-corrected chi connectivity index (χ2v) is 5.93. The molecule has 2 aromatic heterocycles. The van der Waals surface area contributed by atoms with Gasteiger partial charge in [0.05, 0.1) is 0 Å². The number of aliphatic imine (C=N–C) groups is 1. The van der Waals surface area contributed by atoms with Crippen LogP contribution in [-0.4, -0.2) is 26.6 Å². The van der Waals surface area contributed by atoms with E-state index in [9.17, 15) is 4.39 Å². The average Bonchev–Trinajstić information content (AvgIpc) is 3.24. The molecule has 2 aliphatic heterocycles. The van der Waals surface area contributed by atoms with Crippen LogP contribution in [0.3, 0.4) is 0 Å². The molecule has 7 heteroatoms. The first kappa shape index (κ1) is 14.7. The first-order valence-corrected chi connectivity index (χ1v) is 7.85. The van der Waals surface area contributed by atoms with Gasteiger partial charge in [0.15, 0.2) is 11.9 Å². The topological polar surface area (TPSA) is 58.6 Å². The standard InChI is InChI=1S/C17H18FN5O/c1-11-5-6-14(24-11)13-10-22(2)16(19-13)8-7-15-20-17-12(18)4-3-9-23(17)21-15/h3-6,9-10,17H,7-8H2,1-2H3,(H,20,21). The maximum absolute atomic E-state index is 13.7. The van der Waals surface area contributed by atoms with Gasteiger partial charge in [0.2, 0.25) is 0 Å². The molecule has 1 unspecified atom stereocenters. The van der Waals surface area contributed by atoms with Crippen LogP contribution in [-0.2, 0) is 13.5 Å². The number of fused-ring (bicyclic) bond motifs is 1. The molecule has 0 bridgehead atoms. The van der Waals surface area contributed by atoms with E-state index >= 15 is 0 Å². The lowest BCUT2D eigenvalue weighted by molar-refractivity contribution is 0.269. The molecule has 124 valence electrons. The van der Waals surface area contributed by atoms with Crippen LogP contribution in [0.15, 0.2) is 51.9 Å². The van der Waals surface area contributed by atoms with Crippen molar-refractivity contribution in [3.05, 3.63) is 54.1 Å². The van der Waals surface area contributed by atoms with E-state index in [4.69, 9.17) is 4.42 Å². The van der Waals surface area contributed by atoms with Gasteiger partial charge >= 0.3 is 0 Å². The number of aryl methyl sites for hydroxylation is 3. The zero-order valence-electron chi connectivity index (χ0n) is 13.5. The van der Waals surface area contributed by atoms with Crippen LogP contribution in [0.5, 0.6) is 0 Å². The van der Waals surface area contributed by atoms with Crippen molar-refractivity contribution in [1.82, 2.24) is 20.0 Å². The molecular weight excluding hydrogens is 309 g/mol. The van der Waals surface area contributed by atoms with Crippen LogP contribution in [0.2, 0.25) is 0 Å². The summed E-state index contributed by atoms with van der Waals surface area (Å²) < 4.78 is 21.3. The van der Waals surface area contributed by atoms with E-state index in [1.165, 1.54) is 6.08 Å². The number of hydrogen-bond donors (Lipinski definition) is 1. The van der Waals surface area contributed by atoms with Gasteiger partial charge in [-0.05, 0) is 31.2 Å². The Balaban J connectivity index is 1.45. The molecule has 1 N–H and O–H groups in total. The highest BCUT2D eigenvalue weighted by molar-refractivity contribution is 5.83. The monoisotopic (exact) mass is 327 g/mol. The van der Waals surface area contributed by atoms with E-state index in [0.717, 1.165) is 28.9 Å². The molecule has 2 aliphatic rings. The number of halogens is 1. The summed E-state index contributed by atoms with van der Waals surface area (Å²) in [5, 5.41) is 1.67. The summed E-state index contributed by atoms with van der Waals surface area (Å²) in [6.07, 6.45) is 7.62. The lowest BCUT2D eigenvalue weighted by atomic mass is 10.3. The van der Waals surface area contributed by atoms with Gasteiger partial charge in [0.1, 0.15) is 28.9 Å². The summed E-state index contributed by atoms with van der Waals surface area (Å²) in [4.78, 5) is 9.02. The fourth-order valence-electron chi connectivity index (χ4n) is 2.85. The van der Waals surface area contributed by atoms with Crippen molar-refractivity contribution < 1.29 is 8.81 Å². The van der Waals surface area contributed by atoms with Gasteiger partial charge in [-0.3, -0.25) is 10.4 Å². The normalized spacial score (nSPS) is 19.1. The molecular formula is C17H18FN5O. The third-order valence-corrected chi connectivity index (χ3v) is 4.10. The first-order chi connectivity index (χ1) is 11.6. The second-order valence-electron chi connectivity index (χ2n) is 5.93. The molecule has 0 saturated heterocycles. The Hall–Kier alpha value is -2.83. The van der Waals surface area contributed by atoms with Crippen molar-refractivity contribution in [2.75, 3.05) is 0 Å². The molecule has 4 rings (SSSR count). The van der Waals surface area contributed by atoms with Crippen molar-refractivity contribution in [3.8, 4) is 11.5 Å². The van der Waals surface area contributed by atoms with Crippen LogP contribution in [0.4, 0.5) is 4.39 Å². The smallest absolute Gasteiger partial charge is 0.192 e. The maximum Gasteiger partial charge on any atom is 0.192 e. The summed E-state index contributed by atoms with van der Waals surface area (Å²) in [6.45, 7) is 1.91. The molecule has 6 nitrogen and oxygen atoms in total. The predicted octanol–water partition coefficient (Wildman–Crippen LogP) is 2.85. The van der Waals surface area contributed by atoms with Crippen molar-refractivity contribution in [2.45, 2.75) is 25.9 Å². The van der Waals surface area contributed by atoms with Crippen molar-refractivity contribution in [1.29, 1.82) is 0 Å². The van der Waals surface area contributed by atoms with Gasteiger partial charge in [0, 0.05) is 32.3 Å². The number of rotatable bonds is 4. The van der Waals surface area contributed by atoms with E-state index in [2.05, 4.69) is 15.4 Å². The van der Waals surface area contributed by atoms with Gasteiger partial charge in [0.25, 0.3) is 0 Å². The van der Waals surface area contributed by atoms with E-state index in [1.54, 1.807) is 17.3 Å². The van der Waals surface area contributed by atoms with Crippen molar-refractivity contribution in [2.24, 2.45) is 12.0 Å². The zero-order chi connectivity index (χ0) is 16.7. The van der Waals surface area contributed by atoms with Crippen molar-refractivity contribution >= 4 is 5.84 Å². The van der Waals surface area contributed by atoms with Crippen LogP contribution in [0.1, 0.15) is 18.0 Å². The highest BCUT2D eigenvalue weighted by Gasteiger charge is 2.28. The minimum Gasteiger partial charge on any atom is -0.460 e. The lowest BCUT2D eigenvalue weighted by Gasteiger charge is -2.22. The van der Waals surface area contributed by atoms with Crippen LogP contribution in [0.25, 0.3) is 11.5 Å². The molecule has 0 radical (unpaired) electrons. The number of hydrazine groups is 1. The minimum atomic E-state index is -0.576. The Morgan fingerprint density at radius 3 is 2.96 bits per heavy atom. The van der Waals surface area contributed by atoms with Gasteiger partial charge in [-0.15, -0.1) is 0 Å². The SMILES string of the molecule is Cc1ccc(-c2cn(C)c(CCC3=NC4C(F)=CC=CN4N3)n2)o1. The first-order valence-electron chi connectivity index (χ1n) is 7.85. The van der Waals surface area contributed by atoms with E-state index in [1.807, 2.05) is 36.9 Å². The highest BCUT2D eigenvalue weighted by atomic mass is 19.1. The number of hydrogen-bond acceptors (Lipinski definition) is 5. The number of allylic oxidation sites excluding steroid dienone is 2. The fraction of sp³-hybridized carbons (Fsp3) is 0.294. The predicted molar refractivity (Wildman–Crippen MR) is 88.5 cm³/mol. The molecule has 0 aromatic carbocycles. The largest absolute Gasteiger partial charge is 0.460 e. The Morgan fingerprint density at radius 1 is 1.33 bits per heavy atom. The third-order valence-electron chi connectivity index (χ3n) is 4.10. The molecule has 4 heterocycles. The van der Waals surface area contributed by atoms with Crippen LogP contribution < -0.4 is 5.43 Å². The molecule has 0 spiro atoms. The second kappa shape index (κ2) is 5.67. The molecule has 0 amide bonds. The number of amidine groups is 1. The van der Waals surface area contributed by atoms with Gasteiger partial charge in [-0.1, -0.05) is 0 Å². The summed E-state index contributed by atoms with van der Waals surface area (Å²) in [5.41, 5.74) is 3.93. The van der Waals surface area contributed by atoms with Crippen LogP contribution in [0, 0.1) is 6.92 Å². The quantitative estimate of drug-likeness (QED) is 0.938. The number of furan rings is 1. The number of nitrogens with one attached hydrogen (secondary N) is 1. The summed E-state index contributed by atoms with van der Waals surface area (Å²) in [6, 6.07) is 3.84. The van der Waals surface area contributed by atoms with E-state index in [0.29, 0.717) is 12.8 Å². The number of nitrogens with zero attached hydrogens (tertiary/aromatic N) is 4. The molecule has 0 aliphatic carbocycles. The highest BCUT2D eigenvalue weighted by Crippen LogP contribution is 2.23. The molecule has 0 saturated carbocycles. The van der Waals surface area contributed by atoms with E-state index in [-0.39, 0.29) is 5.83 Å². The van der Waals surface area contributed by atoms with Gasteiger partial charge in [-0.25, -0.2) is 14.4 Å². The molecule has 1 atom stereocenters. The van der Waals surface area contributed by atoms with Gasteiger partial charge < -0.3 is 8.98 Å².